The van der Waals surface area contributed by atoms with Crippen LogP contribution < -0.4 is 0 Å². The Morgan fingerprint density at radius 3 is 2.13 bits per heavy atom. The van der Waals surface area contributed by atoms with Gasteiger partial charge < -0.3 is 9.80 Å². The maximum atomic E-state index is 13.4. The molecule has 0 unspecified atom stereocenters. The number of hydrogen-bond donors (Lipinski definition) is 0. The monoisotopic (exact) mass is 434 g/mol. The third-order valence-corrected chi connectivity index (χ3v) is 6.19. The van der Waals surface area contributed by atoms with Crippen molar-refractivity contribution in [3.63, 3.8) is 0 Å². The van der Waals surface area contributed by atoms with Crippen LogP contribution in [0.1, 0.15) is 45.1 Å². The molecule has 0 fully saturated rings. The molecular weight excluding hydrogens is 404 g/mol. The Hall–Kier alpha value is -2.92. The van der Waals surface area contributed by atoms with E-state index in [9.17, 15) is 9.59 Å². The van der Waals surface area contributed by atoms with E-state index in [1.165, 1.54) is 4.88 Å². The minimum atomic E-state index is -0.116. The molecule has 0 aliphatic heterocycles. The van der Waals surface area contributed by atoms with Gasteiger partial charge in [0.15, 0.2) is 0 Å². The highest BCUT2D eigenvalue weighted by atomic mass is 32.1. The smallest absolute Gasteiger partial charge is 0.254 e. The number of carbonyl (C=O) groups is 2. The van der Waals surface area contributed by atoms with Crippen molar-refractivity contribution >= 4 is 23.2 Å². The summed E-state index contributed by atoms with van der Waals surface area (Å²) in [7, 11) is 0. The molecule has 5 heteroatoms. The molecule has 3 aromatic rings. The van der Waals surface area contributed by atoms with Crippen LogP contribution in [-0.4, -0.2) is 34.2 Å². The summed E-state index contributed by atoms with van der Waals surface area (Å²) < 4.78 is 0. The van der Waals surface area contributed by atoms with Crippen LogP contribution in [0.4, 0.5) is 0 Å². The molecule has 0 bridgehead atoms. The molecule has 0 saturated heterocycles. The summed E-state index contributed by atoms with van der Waals surface area (Å²) in [4.78, 5) is 32.4. The molecule has 3 rings (SSSR count). The Labute approximate surface area is 189 Å². The second-order valence-electron chi connectivity index (χ2n) is 8.14. The van der Waals surface area contributed by atoms with Gasteiger partial charge in [-0.15, -0.1) is 11.3 Å². The van der Waals surface area contributed by atoms with E-state index in [4.69, 9.17) is 0 Å². The third-order valence-electron chi connectivity index (χ3n) is 5.20. The summed E-state index contributed by atoms with van der Waals surface area (Å²) in [5, 5.41) is 0. The molecule has 0 atom stereocenters. The van der Waals surface area contributed by atoms with Crippen molar-refractivity contribution < 1.29 is 9.59 Å². The maximum Gasteiger partial charge on any atom is 0.254 e. The average Bonchev–Trinajstić information content (AvgIpc) is 3.16. The Bertz CT molecular complexity index is 1010. The van der Waals surface area contributed by atoms with Crippen molar-refractivity contribution in [2.24, 2.45) is 0 Å². The van der Waals surface area contributed by atoms with E-state index < -0.39 is 0 Å². The molecule has 2 amide bonds. The standard InChI is InChI=1S/C26H30N2O2S/c1-19(2)28(26(30)23-13-10-20(3)11-14-23)18-25(29)27(16-22-8-6-5-7-9-22)17-24-15-12-21(4)31-24/h5-15,19H,16-18H2,1-4H3. The van der Waals surface area contributed by atoms with E-state index in [0.717, 1.165) is 16.0 Å². The minimum Gasteiger partial charge on any atom is -0.332 e. The minimum absolute atomic E-state index is 0.0518. The zero-order chi connectivity index (χ0) is 22.4. The number of nitrogens with zero attached hydrogens (tertiary/aromatic N) is 2. The second kappa shape index (κ2) is 10.4. The fourth-order valence-corrected chi connectivity index (χ4v) is 4.30. The van der Waals surface area contributed by atoms with Crippen molar-refractivity contribution in [2.45, 2.75) is 46.8 Å². The molecule has 0 aliphatic rings. The number of rotatable bonds is 8. The summed E-state index contributed by atoms with van der Waals surface area (Å²) in [6.07, 6.45) is 0. The predicted octanol–water partition coefficient (Wildman–Crippen LogP) is 5.44. The molecule has 0 spiro atoms. The number of carbonyl (C=O) groups excluding carboxylic acids is 2. The number of benzene rings is 2. The van der Waals surface area contributed by atoms with Gasteiger partial charge in [-0.1, -0.05) is 48.0 Å². The van der Waals surface area contributed by atoms with E-state index in [0.29, 0.717) is 18.7 Å². The topological polar surface area (TPSA) is 40.6 Å². The lowest BCUT2D eigenvalue weighted by Gasteiger charge is -2.30. The first-order chi connectivity index (χ1) is 14.8. The average molecular weight is 435 g/mol. The molecule has 0 radical (unpaired) electrons. The molecule has 4 nitrogen and oxygen atoms in total. The quantitative estimate of drug-likeness (QED) is 0.473. The van der Waals surface area contributed by atoms with E-state index >= 15 is 0 Å². The maximum absolute atomic E-state index is 13.4. The van der Waals surface area contributed by atoms with Crippen LogP contribution in [0.15, 0.2) is 66.7 Å². The molecule has 31 heavy (non-hydrogen) atoms. The normalized spacial score (nSPS) is 10.9. The molecule has 0 aliphatic carbocycles. The van der Waals surface area contributed by atoms with Gasteiger partial charge in [-0.05, 0) is 57.5 Å². The van der Waals surface area contributed by atoms with Gasteiger partial charge in [-0.2, -0.15) is 0 Å². The Morgan fingerprint density at radius 2 is 1.55 bits per heavy atom. The van der Waals surface area contributed by atoms with Crippen LogP contribution in [0.5, 0.6) is 0 Å². The van der Waals surface area contributed by atoms with Crippen molar-refractivity contribution in [1.29, 1.82) is 0 Å². The fraction of sp³-hybridized carbons (Fsp3) is 0.308. The van der Waals surface area contributed by atoms with Crippen molar-refractivity contribution in [3.05, 3.63) is 93.2 Å². The number of amides is 2. The number of thiophene rings is 1. The van der Waals surface area contributed by atoms with Crippen molar-refractivity contribution in [2.75, 3.05) is 6.54 Å². The Kier molecular flexibility index (Phi) is 7.64. The van der Waals surface area contributed by atoms with E-state index in [2.05, 4.69) is 19.1 Å². The second-order valence-corrected chi connectivity index (χ2v) is 9.51. The molecule has 1 aromatic heterocycles. The van der Waals surface area contributed by atoms with Crippen molar-refractivity contribution in [3.8, 4) is 0 Å². The highest BCUT2D eigenvalue weighted by Crippen LogP contribution is 2.19. The highest BCUT2D eigenvalue weighted by Gasteiger charge is 2.25. The Balaban J connectivity index is 1.80. The number of hydrogen-bond acceptors (Lipinski definition) is 3. The molecular formula is C26H30N2O2S. The first-order valence-electron chi connectivity index (χ1n) is 10.6. The summed E-state index contributed by atoms with van der Waals surface area (Å²) in [6.45, 7) is 9.07. The molecule has 0 N–H and O–H groups in total. The van der Waals surface area contributed by atoms with Crippen LogP contribution in [0.3, 0.4) is 0 Å². The van der Waals surface area contributed by atoms with Gasteiger partial charge in [0.1, 0.15) is 6.54 Å². The summed E-state index contributed by atoms with van der Waals surface area (Å²) in [6, 6.07) is 21.6. The van der Waals surface area contributed by atoms with Crippen LogP contribution >= 0.6 is 11.3 Å². The van der Waals surface area contributed by atoms with Gasteiger partial charge in [0.05, 0.1) is 6.54 Å². The highest BCUT2D eigenvalue weighted by molar-refractivity contribution is 7.11. The molecule has 0 saturated carbocycles. The van der Waals surface area contributed by atoms with Gasteiger partial charge in [-0.25, -0.2) is 0 Å². The molecule has 1 heterocycles. The third kappa shape index (κ3) is 6.28. The zero-order valence-electron chi connectivity index (χ0n) is 18.7. The van der Waals surface area contributed by atoms with Gasteiger partial charge in [0.25, 0.3) is 5.91 Å². The fourth-order valence-electron chi connectivity index (χ4n) is 3.39. The first-order valence-corrected chi connectivity index (χ1v) is 11.4. The predicted molar refractivity (Wildman–Crippen MR) is 127 cm³/mol. The lowest BCUT2D eigenvalue weighted by Crippen LogP contribution is -2.45. The van der Waals surface area contributed by atoms with E-state index in [1.54, 1.807) is 16.2 Å². The van der Waals surface area contributed by atoms with Gasteiger partial charge in [-0.3, -0.25) is 9.59 Å². The largest absolute Gasteiger partial charge is 0.332 e. The van der Waals surface area contributed by atoms with Crippen LogP contribution in [0.25, 0.3) is 0 Å². The molecule has 162 valence electrons. The van der Waals surface area contributed by atoms with E-state index in [1.807, 2.05) is 80.3 Å². The van der Waals surface area contributed by atoms with Crippen LogP contribution in [0.2, 0.25) is 0 Å². The summed E-state index contributed by atoms with van der Waals surface area (Å²) in [5.74, 6) is -0.168. The van der Waals surface area contributed by atoms with Crippen LogP contribution in [-0.2, 0) is 17.9 Å². The van der Waals surface area contributed by atoms with E-state index in [-0.39, 0.29) is 24.4 Å². The SMILES string of the molecule is Cc1ccc(C(=O)N(CC(=O)N(Cc2ccccc2)Cc2ccc(C)s2)C(C)C)cc1. The van der Waals surface area contributed by atoms with Gasteiger partial charge in [0.2, 0.25) is 5.91 Å². The zero-order valence-corrected chi connectivity index (χ0v) is 19.5. The molecule has 2 aromatic carbocycles. The summed E-state index contributed by atoms with van der Waals surface area (Å²) >= 11 is 1.70. The van der Waals surface area contributed by atoms with Gasteiger partial charge >= 0.3 is 0 Å². The lowest BCUT2D eigenvalue weighted by atomic mass is 10.1. The van der Waals surface area contributed by atoms with Crippen LogP contribution in [0, 0.1) is 13.8 Å². The van der Waals surface area contributed by atoms with Crippen molar-refractivity contribution in [1.82, 2.24) is 9.80 Å². The first kappa shape index (κ1) is 22.8. The van der Waals surface area contributed by atoms with Gasteiger partial charge in [0, 0.05) is 27.9 Å². The Morgan fingerprint density at radius 1 is 0.871 bits per heavy atom. The number of aryl methyl sites for hydroxylation is 2. The lowest BCUT2D eigenvalue weighted by molar-refractivity contribution is -0.133. The summed E-state index contributed by atoms with van der Waals surface area (Å²) in [5.41, 5.74) is 2.78.